The van der Waals surface area contributed by atoms with Crippen molar-refractivity contribution < 1.29 is 28.6 Å². The van der Waals surface area contributed by atoms with Gasteiger partial charge in [-0.3, -0.25) is 10.0 Å². The summed E-state index contributed by atoms with van der Waals surface area (Å²) >= 11 is 0. The number of nitrogens with zero attached hydrogens (tertiary/aromatic N) is 1. The third-order valence-electron chi connectivity index (χ3n) is 3.67. The highest BCUT2D eigenvalue weighted by molar-refractivity contribution is 7.89. The van der Waals surface area contributed by atoms with E-state index in [0.717, 1.165) is 11.1 Å². The van der Waals surface area contributed by atoms with Crippen molar-refractivity contribution in [3.63, 3.8) is 0 Å². The van der Waals surface area contributed by atoms with Crippen LogP contribution in [0.2, 0.25) is 0 Å². The van der Waals surface area contributed by atoms with Crippen molar-refractivity contribution in [2.75, 3.05) is 19.7 Å². The van der Waals surface area contributed by atoms with Crippen molar-refractivity contribution in [3.8, 4) is 11.1 Å². The molecule has 0 aliphatic carbocycles. The topological polar surface area (TPSA) is 127 Å². The average molecular weight is 380 g/mol. The first-order valence-electron chi connectivity index (χ1n) is 7.76. The Labute approximate surface area is 151 Å². The van der Waals surface area contributed by atoms with Gasteiger partial charge in [0.2, 0.25) is 10.0 Å². The number of aliphatic hydroxyl groups excluding tert-OH is 2. The van der Waals surface area contributed by atoms with E-state index < -0.39 is 41.7 Å². The Balaban J connectivity index is 2.31. The first-order chi connectivity index (χ1) is 12.4. The molecule has 2 aromatic carbocycles. The summed E-state index contributed by atoms with van der Waals surface area (Å²) in [5.74, 6) is -0.959. The van der Waals surface area contributed by atoms with Crippen molar-refractivity contribution in [3.05, 3.63) is 54.6 Å². The smallest absolute Gasteiger partial charge is 0.258 e. The van der Waals surface area contributed by atoms with Crippen LogP contribution in [0.4, 0.5) is 0 Å². The molecule has 1 unspecified atom stereocenters. The Morgan fingerprint density at radius 3 is 2.15 bits per heavy atom. The maximum Gasteiger partial charge on any atom is 0.258 e. The first-order valence-corrected chi connectivity index (χ1v) is 9.20. The standard InChI is InChI=1S/C17H20N2O6S/c20-12-15(21)10-19(11-17(22)18-23)26(24,25)16-8-6-14(7-9-16)13-4-2-1-3-5-13/h1-9,15,20-21,23H,10-12H2,(H,18,22). The molecule has 4 N–H and O–H groups in total. The molecule has 2 rings (SSSR count). The molecular weight excluding hydrogens is 360 g/mol. The molecule has 0 bridgehead atoms. The largest absolute Gasteiger partial charge is 0.394 e. The lowest BCUT2D eigenvalue weighted by Gasteiger charge is -2.23. The highest BCUT2D eigenvalue weighted by Crippen LogP contribution is 2.23. The summed E-state index contributed by atoms with van der Waals surface area (Å²) in [5.41, 5.74) is 3.09. The monoisotopic (exact) mass is 380 g/mol. The number of sulfonamides is 1. The van der Waals surface area contributed by atoms with Crippen molar-refractivity contribution in [2.24, 2.45) is 0 Å². The van der Waals surface area contributed by atoms with Gasteiger partial charge in [0.05, 0.1) is 24.2 Å². The van der Waals surface area contributed by atoms with Crippen LogP contribution in [0.25, 0.3) is 11.1 Å². The highest BCUT2D eigenvalue weighted by atomic mass is 32.2. The fourth-order valence-electron chi connectivity index (χ4n) is 2.34. The number of benzene rings is 2. The average Bonchev–Trinajstić information content (AvgIpc) is 2.67. The number of hydroxylamine groups is 1. The van der Waals surface area contributed by atoms with Crippen LogP contribution in [0.15, 0.2) is 59.5 Å². The molecule has 2 aromatic rings. The van der Waals surface area contributed by atoms with E-state index >= 15 is 0 Å². The van der Waals surface area contributed by atoms with Gasteiger partial charge < -0.3 is 10.2 Å². The van der Waals surface area contributed by atoms with Gasteiger partial charge in [-0.1, -0.05) is 42.5 Å². The molecule has 0 aromatic heterocycles. The summed E-state index contributed by atoms with van der Waals surface area (Å²) in [5, 5.41) is 27.2. The quantitative estimate of drug-likeness (QED) is 0.383. The SMILES string of the molecule is O=C(CN(CC(O)CO)S(=O)(=O)c1ccc(-c2ccccc2)cc1)NO. The van der Waals surface area contributed by atoms with Crippen LogP contribution in [0, 0.1) is 0 Å². The number of aliphatic hydroxyl groups is 2. The summed E-state index contributed by atoms with van der Waals surface area (Å²) < 4.78 is 26.2. The van der Waals surface area contributed by atoms with Crippen LogP contribution in [-0.2, 0) is 14.8 Å². The zero-order valence-corrected chi connectivity index (χ0v) is 14.6. The van der Waals surface area contributed by atoms with E-state index in [9.17, 15) is 18.3 Å². The molecule has 26 heavy (non-hydrogen) atoms. The Morgan fingerprint density at radius 2 is 1.62 bits per heavy atom. The van der Waals surface area contributed by atoms with Crippen LogP contribution >= 0.6 is 0 Å². The molecule has 0 saturated heterocycles. The first kappa shape index (κ1) is 20.0. The van der Waals surface area contributed by atoms with E-state index in [2.05, 4.69) is 0 Å². The minimum absolute atomic E-state index is 0.0759. The molecule has 0 spiro atoms. The normalized spacial score (nSPS) is 12.8. The van der Waals surface area contributed by atoms with Gasteiger partial charge >= 0.3 is 0 Å². The van der Waals surface area contributed by atoms with Gasteiger partial charge in [-0.15, -0.1) is 0 Å². The fraction of sp³-hybridized carbons (Fsp3) is 0.235. The highest BCUT2D eigenvalue weighted by Gasteiger charge is 2.28. The molecule has 0 saturated carbocycles. The van der Waals surface area contributed by atoms with Gasteiger partial charge in [-0.05, 0) is 23.3 Å². The van der Waals surface area contributed by atoms with Crippen molar-refractivity contribution in [1.82, 2.24) is 9.79 Å². The molecule has 8 nitrogen and oxygen atoms in total. The van der Waals surface area contributed by atoms with Gasteiger partial charge in [0, 0.05) is 6.54 Å². The molecule has 1 atom stereocenters. The van der Waals surface area contributed by atoms with Crippen molar-refractivity contribution in [2.45, 2.75) is 11.0 Å². The molecular formula is C17H20N2O6S. The fourth-order valence-corrected chi connectivity index (χ4v) is 3.77. The molecule has 0 aliphatic heterocycles. The number of carbonyl (C=O) groups is 1. The molecule has 140 valence electrons. The van der Waals surface area contributed by atoms with Crippen LogP contribution in [0.5, 0.6) is 0 Å². The summed E-state index contributed by atoms with van der Waals surface area (Å²) in [6, 6.07) is 15.4. The number of carbonyl (C=O) groups excluding carboxylic acids is 1. The summed E-state index contributed by atoms with van der Waals surface area (Å²) in [7, 11) is -4.12. The maximum atomic E-state index is 12.8. The zero-order chi connectivity index (χ0) is 19.2. The minimum Gasteiger partial charge on any atom is -0.394 e. The molecule has 0 radical (unpaired) electrons. The number of nitrogens with one attached hydrogen (secondary N) is 1. The van der Waals surface area contributed by atoms with Crippen molar-refractivity contribution in [1.29, 1.82) is 0 Å². The molecule has 0 fully saturated rings. The third kappa shape index (κ3) is 4.87. The van der Waals surface area contributed by atoms with Gasteiger partial charge in [0.25, 0.3) is 5.91 Å². The summed E-state index contributed by atoms with van der Waals surface area (Å²) in [4.78, 5) is 11.3. The van der Waals surface area contributed by atoms with E-state index in [1.165, 1.54) is 17.6 Å². The number of hydrogen-bond acceptors (Lipinski definition) is 6. The van der Waals surface area contributed by atoms with Crippen LogP contribution < -0.4 is 5.48 Å². The van der Waals surface area contributed by atoms with Gasteiger partial charge in [0.15, 0.2) is 0 Å². The third-order valence-corrected chi connectivity index (χ3v) is 5.49. The van der Waals surface area contributed by atoms with E-state index in [0.29, 0.717) is 4.31 Å². The van der Waals surface area contributed by atoms with Crippen molar-refractivity contribution >= 4 is 15.9 Å². The van der Waals surface area contributed by atoms with Gasteiger partial charge in [-0.2, -0.15) is 4.31 Å². The Hall–Kier alpha value is -2.30. The zero-order valence-electron chi connectivity index (χ0n) is 13.8. The van der Waals surface area contributed by atoms with Gasteiger partial charge in [0.1, 0.15) is 0 Å². The molecule has 0 aliphatic rings. The molecule has 1 amide bonds. The lowest BCUT2D eigenvalue weighted by molar-refractivity contribution is -0.129. The predicted molar refractivity (Wildman–Crippen MR) is 93.7 cm³/mol. The number of hydrogen-bond donors (Lipinski definition) is 4. The second-order valence-corrected chi connectivity index (χ2v) is 7.50. The van der Waals surface area contributed by atoms with E-state index in [1.54, 1.807) is 12.1 Å². The van der Waals surface area contributed by atoms with E-state index in [1.807, 2.05) is 30.3 Å². The lowest BCUT2D eigenvalue weighted by Crippen LogP contribution is -2.44. The predicted octanol–water partition coefficient (Wildman–Crippen LogP) is 0.203. The Kier molecular flexibility index (Phi) is 6.83. The lowest BCUT2D eigenvalue weighted by atomic mass is 10.1. The number of rotatable bonds is 8. The summed E-state index contributed by atoms with van der Waals surface area (Å²) in [6.07, 6.45) is -1.36. The van der Waals surface area contributed by atoms with Gasteiger partial charge in [-0.25, -0.2) is 13.9 Å². The van der Waals surface area contributed by atoms with Crippen LogP contribution in [0.1, 0.15) is 0 Å². The Bertz CT molecular complexity index is 824. The number of amides is 1. The second kappa shape index (κ2) is 8.88. The Morgan fingerprint density at radius 1 is 1.04 bits per heavy atom. The maximum absolute atomic E-state index is 12.8. The molecule has 9 heteroatoms. The van der Waals surface area contributed by atoms with Crippen LogP contribution in [-0.4, -0.2) is 59.9 Å². The minimum atomic E-state index is -4.12. The summed E-state index contributed by atoms with van der Waals surface area (Å²) in [6.45, 7) is -1.86. The van der Waals surface area contributed by atoms with E-state index in [4.69, 9.17) is 10.3 Å². The molecule has 0 heterocycles. The van der Waals surface area contributed by atoms with Crippen LogP contribution in [0.3, 0.4) is 0 Å². The second-order valence-electron chi connectivity index (χ2n) is 5.56. The van der Waals surface area contributed by atoms with E-state index in [-0.39, 0.29) is 4.90 Å².